The van der Waals surface area contributed by atoms with Crippen LogP contribution in [-0.2, 0) is 6.54 Å². The van der Waals surface area contributed by atoms with Crippen LogP contribution in [0.4, 0.5) is 4.39 Å². The van der Waals surface area contributed by atoms with Gasteiger partial charge in [0.05, 0.1) is 11.6 Å². The Morgan fingerprint density at radius 2 is 2.08 bits per heavy atom. The highest BCUT2D eigenvalue weighted by molar-refractivity contribution is 5.79. The maximum Gasteiger partial charge on any atom is 0.191 e. The monoisotopic (exact) mass is 329 g/mol. The zero-order chi connectivity index (χ0) is 16.9. The summed E-state index contributed by atoms with van der Waals surface area (Å²) in [5.41, 5.74) is 0.863. The van der Waals surface area contributed by atoms with Crippen LogP contribution < -0.4 is 10.6 Å². The van der Waals surface area contributed by atoms with Crippen LogP contribution in [0.15, 0.2) is 23.2 Å². The molecule has 0 spiro atoms. The van der Waals surface area contributed by atoms with Gasteiger partial charge < -0.3 is 15.5 Å². The average Bonchev–Trinajstić information content (AvgIpc) is 3.45. The normalized spacial score (nSPS) is 19.8. The highest BCUT2D eigenvalue weighted by Crippen LogP contribution is 2.29. The number of halogens is 1. The predicted octanol–water partition coefficient (Wildman–Crippen LogP) is 1.99. The van der Waals surface area contributed by atoms with E-state index in [0.29, 0.717) is 29.7 Å². The summed E-state index contributed by atoms with van der Waals surface area (Å²) in [6.07, 6.45) is 4.94. The minimum Gasteiger partial charge on any atom is -0.354 e. The molecule has 2 N–H and O–H groups in total. The second kappa shape index (κ2) is 7.63. The van der Waals surface area contributed by atoms with Crippen molar-refractivity contribution in [2.45, 2.75) is 44.3 Å². The zero-order valence-corrected chi connectivity index (χ0v) is 14.1. The van der Waals surface area contributed by atoms with Gasteiger partial charge >= 0.3 is 0 Å². The Morgan fingerprint density at radius 3 is 2.67 bits per heavy atom. The molecule has 5 nitrogen and oxygen atoms in total. The fraction of sp³-hybridized carbons (Fsp3) is 0.556. The molecule has 1 aromatic rings. The predicted molar refractivity (Wildman–Crippen MR) is 92.1 cm³/mol. The van der Waals surface area contributed by atoms with Crippen LogP contribution in [0.1, 0.15) is 36.8 Å². The molecule has 0 aromatic heterocycles. The number of rotatable bonds is 4. The molecular formula is C18H24FN5. The molecule has 3 rings (SSSR count). The number of hydrogen-bond acceptors (Lipinski definition) is 3. The minimum absolute atomic E-state index is 0.334. The minimum atomic E-state index is -0.366. The number of nitrogens with zero attached hydrogens (tertiary/aromatic N) is 3. The molecular weight excluding hydrogens is 305 g/mol. The van der Waals surface area contributed by atoms with E-state index >= 15 is 0 Å². The fourth-order valence-electron chi connectivity index (χ4n) is 3.18. The van der Waals surface area contributed by atoms with E-state index < -0.39 is 0 Å². The molecule has 1 aromatic carbocycles. The fourth-order valence-corrected chi connectivity index (χ4v) is 3.18. The first-order valence-electron chi connectivity index (χ1n) is 8.59. The molecule has 2 aliphatic rings. The Bertz CT molecular complexity index is 639. The number of guanidine groups is 1. The molecule has 1 saturated carbocycles. The zero-order valence-electron chi connectivity index (χ0n) is 14.1. The first kappa shape index (κ1) is 16.7. The molecule has 0 atom stereocenters. The second-order valence-electron chi connectivity index (χ2n) is 6.53. The third-order valence-electron chi connectivity index (χ3n) is 4.79. The van der Waals surface area contributed by atoms with Crippen molar-refractivity contribution in [1.82, 2.24) is 15.5 Å². The summed E-state index contributed by atoms with van der Waals surface area (Å²) < 4.78 is 13.9. The largest absolute Gasteiger partial charge is 0.354 e. The quantitative estimate of drug-likeness (QED) is 0.655. The van der Waals surface area contributed by atoms with E-state index in [0.717, 1.165) is 32.0 Å². The van der Waals surface area contributed by atoms with Gasteiger partial charge in [-0.05, 0) is 37.8 Å². The van der Waals surface area contributed by atoms with E-state index in [4.69, 9.17) is 5.26 Å². The van der Waals surface area contributed by atoms with E-state index in [1.54, 1.807) is 19.2 Å². The lowest BCUT2D eigenvalue weighted by atomic mass is 10.1. The van der Waals surface area contributed by atoms with E-state index in [1.807, 2.05) is 6.07 Å². The Morgan fingerprint density at radius 1 is 1.33 bits per heavy atom. The molecule has 2 fully saturated rings. The van der Waals surface area contributed by atoms with Gasteiger partial charge in [0.1, 0.15) is 5.82 Å². The summed E-state index contributed by atoms with van der Waals surface area (Å²) in [6.45, 7) is 2.63. The van der Waals surface area contributed by atoms with Gasteiger partial charge in [0.15, 0.2) is 5.96 Å². The van der Waals surface area contributed by atoms with E-state index in [1.165, 1.54) is 18.9 Å². The van der Waals surface area contributed by atoms with E-state index in [-0.39, 0.29) is 5.82 Å². The van der Waals surface area contributed by atoms with Gasteiger partial charge in [-0.3, -0.25) is 4.99 Å². The van der Waals surface area contributed by atoms with Crippen molar-refractivity contribution in [3.63, 3.8) is 0 Å². The molecule has 24 heavy (non-hydrogen) atoms. The van der Waals surface area contributed by atoms with Gasteiger partial charge in [0.25, 0.3) is 0 Å². The highest BCUT2D eigenvalue weighted by atomic mass is 19.1. The van der Waals surface area contributed by atoms with Crippen molar-refractivity contribution >= 4 is 5.96 Å². The molecule has 0 amide bonds. The average molecular weight is 329 g/mol. The summed E-state index contributed by atoms with van der Waals surface area (Å²) in [5.74, 6) is 0.332. The summed E-state index contributed by atoms with van der Waals surface area (Å²) in [7, 11) is 1.73. The SMILES string of the molecule is CN=C(NCc1ccc(C#N)cc1F)NC1CCN(C2CC2)CC1. The first-order valence-corrected chi connectivity index (χ1v) is 8.59. The van der Waals surface area contributed by atoms with Crippen molar-refractivity contribution < 1.29 is 4.39 Å². The van der Waals surface area contributed by atoms with E-state index in [9.17, 15) is 4.39 Å². The van der Waals surface area contributed by atoms with Crippen LogP contribution in [0.25, 0.3) is 0 Å². The van der Waals surface area contributed by atoms with Gasteiger partial charge in [0, 0.05) is 44.3 Å². The standard InChI is InChI=1S/C18H24FN5/c1-21-18(22-12-14-3-2-13(11-20)10-17(14)19)23-15-6-8-24(9-7-15)16-4-5-16/h2-3,10,15-16H,4-9,12H2,1H3,(H2,21,22,23). The molecule has 6 heteroatoms. The molecule has 1 heterocycles. The van der Waals surface area contributed by atoms with Gasteiger partial charge in [-0.25, -0.2) is 4.39 Å². The number of nitrogens with one attached hydrogen (secondary N) is 2. The molecule has 0 bridgehead atoms. The van der Waals surface area contributed by atoms with Gasteiger partial charge in [-0.1, -0.05) is 6.07 Å². The third kappa shape index (κ3) is 4.24. The van der Waals surface area contributed by atoms with Gasteiger partial charge in [-0.15, -0.1) is 0 Å². The Balaban J connectivity index is 1.48. The summed E-state index contributed by atoms with van der Waals surface area (Å²) in [4.78, 5) is 6.82. The van der Waals surface area contributed by atoms with Crippen molar-refractivity contribution in [3.05, 3.63) is 35.1 Å². The number of nitriles is 1. The molecule has 128 valence electrons. The number of benzene rings is 1. The van der Waals surface area contributed by atoms with Gasteiger partial charge in [0.2, 0.25) is 0 Å². The van der Waals surface area contributed by atoms with Crippen LogP contribution in [0, 0.1) is 17.1 Å². The number of aliphatic imine (C=N–C) groups is 1. The van der Waals surface area contributed by atoms with Crippen molar-refractivity contribution in [2.24, 2.45) is 4.99 Å². The molecule has 1 aliphatic carbocycles. The highest BCUT2D eigenvalue weighted by Gasteiger charge is 2.31. The maximum absolute atomic E-state index is 13.9. The van der Waals surface area contributed by atoms with Crippen molar-refractivity contribution in [1.29, 1.82) is 5.26 Å². The topological polar surface area (TPSA) is 63.5 Å². The van der Waals surface area contributed by atoms with Crippen LogP contribution >= 0.6 is 0 Å². The smallest absolute Gasteiger partial charge is 0.191 e. The lowest BCUT2D eigenvalue weighted by Crippen LogP contribution is -2.48. The molecule has 1 saturated heterocycles. The summed E-state index contributed by atoms with van der Waals surface area (Å²) in [6, 6.07) is 7.73. The summed E-state index contributed by atoms with van der Waals surface area (Å²) in [5, 5.41) is 15.4. The van der Waals surface area contributed by atoms with Crippen LogP contribution in [-0.4, -0.2) is 43.1 Å². The number of hydrogen-bond donors (Lipinski definition) is 2. The lowest BCUT2D eigenvalue weighted by Gasteiger charge is -2.33. The van der Waals surface area contributed by atoms with Gasteiger partial charge in [-0.2, -0.15) is 5.26 Å². The Kier molecular flexibility index (Phi) is 5.31. The number of likely N-dealkylation sites (tertiary alicyclic amines) is 1. The van der Waals surface area contributed by atoms with Crippen molar-refractivity contribution in [2.75, 3.05) is 20.1 Å². The van der Waals surface area contributed by atoms with Crippen LogP contribution in [0.3, 0.4) is 0 Å². The Hall–Kier alpha value is -2.13. The van der Waals surface area contributed by atoms with E-state index in [2.05, 4.69) is 20.5 Å². The third-order valence-corrected chi connectivity index (χ3v) is 4.79. The van der Waals surface area contributed by atoms with Crippen LogP contribution in [0.2, 0.25) is 0 Å². The van der Waals surface area contributed by atoms with Crippen LogP contribution in [0.5, 0.6) is 0 Å². The number of piperidine rings is 1. The maximum atomic E-state index is 13.9. The second-order valence-corrected chi connectivity index (χ2v) is 6.53. The van der Waals surface area contributed by atoms with Crippen molar-refractivity contribution in [3.8, 4) is 6.07 Å². The lowest BCUT2D eigenvalue weighted by molar-refractivity contribution is 0.197. The first-order chi connectivity index (χ1) is 11.7. The molecule has 1 aliphatic heterocycles. The molecule has 0 radical (unpaired) electrons. The Labute approximate surface area is 142 Å². The molecule has 0 unspecified atom stereocenters. The summed E-state index contributed by atoms with van der Waals surface area (Å²) >= 11 is 0.